The number of hydrogen-bond donors (Lipinski definition) is 0. The molecule has 51 valence electrons. The van der Waals surface area contributed by atoms with Crippen molar-refractivity contribution < 1.29 is 0 Å². The van der Waals surface area contributed by atoms with Crippen molar-refractivity contribution in [2.24, 2.45) is 0 Å². The van der Waals surface area contributed by atoms with Gasteiger partial charge in [0.25, 0.3) is 0 Å². The molecule has 0 heterocycles. The third-order valence-corrected chi connectivity index (χ3v) is 1.55. The van der Waals surface area contributed by atoms with Crippen LogP contribution in [0.1, 0.15) is 32.6 Å². The van der Waals surface area contributed by atoms with Crippen molar-refractivity contribution >= 4 is 12.6 Å². The summed E-state index contributed by atoms with van der Waals surface area (Å²) in [6.07, 6.45) is 4.40. The lowest BCUT2D eigenvalue weighted by Crippen LogP contribution is -1.92. The van der Waals surface area contributed by atoms with Gasteiger partial charge in [0.1, 0.15) is 5.25 Å². The van der Waals surface area contributed by atoms with Crippen molar-refractivity contribution in [2.45, 2.75) is 37.9 Å². The molecule has 0 aromatic heterocycles. The predicted molar refractivity (Wildman–Crippen MR) is 41.1 cm³/mol. The molecular weight excluding hydrogens is 130 g/mol. The number of nitriles is 1. The van der Waals surface area contributed by atoms with E-state index < -0.39 is 0 Å². The van der Waals surface area contributed by atoms with Crippen LogP contribution >= 0.6 is 12.6 Å². The second-order valence-corrected chi connectivity index (χ2v) is 2.68. The molecule has 1 radical (unpaired) electrons. The molecule has 2 heteroatoms. The summed E-state index contributed by atoms with van der Waals surface area (Å²) in [4.78, 5) is 0. The van der Waals surface area contributed by atoms with Crippen LogP contribution in [-0.2, 0) is 0 Å². The summed E-state index contributed by atoms with van der Waals surface area (Å²) in [5.74, 6) is 0. The summed E-state index contributed by atoms with van der Waals surface area (Å²) < 4.78 is 0. The minimum absolute atomic E-state index is 0.156. The highest BCUT2D eigenvalue weighted by Gasteiger charge is 1.98. The van der Waals surface area contributed by atoms with Gasteiger partial charge >= 0.3 is 0 Å². The summed E-state index contributed by atoms with van der Waals surface area (Å²) >= 11 is 4.79. The second-order valence-electron chi connectivity index (χ2n) is 2.11. The Labute approximate surface area is 62.5 Å². The van der Waals surface area contributed by atoms with Crippen molar-refractivity contribution in [2.75, 3.05) is 0 Å². The van der Waals surface area contributed by atoms with E-state index in [2.05, 4.69) is 6.92 Å². The fraction of sp³-hybridized carbons (Fsp3) is 0.857. The Hall–Kier alpha value is -0.160. The van der Waals surface area contributed by atoms with Crippen LogP contribution in [0.2, 0.25) is 0 Å². The summed E-state index contributed by atoms with van der Waals surface area (Å²) in [7, 11) is 0. The molecule has 9 heavy (non-hydrogen) atoms. The quantitative estimate of drug-likeness (QED) is 0.553. The highest BCUT2D eigenvalue weighted by atomic mass is 32.1. The van der Waals surface area contributed by atoms with E-state index in [1.54, 1.807) is 0 Å². The Morgan fingerprint density at radius 1 is 1.56 bits per heavy atom. The average molecular weight is 142 g/mol. The van der Waals surface area contributed by atoms with Crippen molar-refractivity contribution in [1.82, 2.24) is 0 Å². The zero-order valence-electron chi connectivity index (χ0n) is 5.76. The Bertz CT molecular complexity index is 95.6. The van der Waals surface area contributed by atoms with E-state index in [1.807, 2.05) is 6.07 Å². The van der Waals surface area contributed by atoms with Crippen LogP contribution in [0.25, 0.3) is 0 Å². The molecular formula is C7H12NS. The fourth-order valence-electron chi connectivity index (χ4n) is 0.644. The van der Waals surface area contributed by atoms with Crippen LogP contribution in [0.4, 0.5) is 0 Å². The van der Waals surface area contributed by atoms with Gasteiger partial charge in [0.05, 0.1) is 6.07 Å². The molecule has 0 fully saturated rings. The number of hydrogen-bond acceptors (Lipinski definition) is 1. The standard InChI is InChI=1S/C7H12NS/c1-2-3-4-5-7(9)6-8/h7H,2-5H2,1H3. The maximum atomic E-state index is 8.28. The molecule has 0 aliphatic carbocycles. The van der Waals surface area contributed by atoms with E-state index in [1.165, 1.54) is 12.8 Å². The molecule has 0 aromatic rings. The minimum Gasteiger partial charge on any atom is -0.197 e. The van der Waals surface area contributed by atoms with Crippen LogP contribution in [0.3, 0.4) is 0 Å². The van der Waals surface area contributed by atoms with Crippen molar-refractivity contribution in [1.29, 1.82) is 5.26 Å². The SMILES string of the molecule is CCCCCC([S])C#N. The molecule has 1 atom stereocenters. The minimum atomic E-state index is -0.156. The Balaban J connectivity index is 2.99. The molecule has 0 saturated carbocycles. The number of nitrogens with zero attached hydrogens (tertiary/aromatic N) is 1. The van der Waals surface area contributed by atoms with Gasteiger partial charge in [-0.15, -0.1) is 0 Å². The molecule has 0 spiro atoms. The highest BCUT2D eigenvalue weighted by Crippen LogP contribution is 2.06. The first-order valence-electron chi connectivity index (χ1n) is 3.36. The van der Waals surface area contributed by atoms with E-state index in [0.717, 1.165) is 12.8 Å². The van der Waals surface area contributed by atoms with Gasteiger partial charge in [-0.2, -0.15) is 5.26 Å². The highest BCUT2D eigenvalue weighted by molar-refractivity contribution is 7.81. The zero-order chi connectivity index (χ0) is 7.11. The lowest BCUT2D eigenvalue weighted by atomic mass is 10.2. The van der Waals surface area contributed by atoms with Crippen LogP contribution in [0.5, 0.6) is 0 Å². The Morgan fingerprint density at radius 3 is 2.67 bits per heavy atom. The lowest BCUT2D eigenvalue weighted by Gasteiger charge is -1.96. The maximum absolute atomic E-state index is 8.28. The molecule has 0 N–H and O–H groups in total. The van der Waals surface area contributed by atoms with Gasteiger partial charge < -0.3 is 0 Å². The largest absolute Gasteiger partial charge is 0.197 e. The van der Waals surface area contributed by atoms with Crippen LogP contribution < -0.4 is 0 Å². The molecule has 0 aromatic carbocycles. The molecule has 0 aliphatic rings. The van der Waals surface area contributed by atoms with Gasteiger partial charge in [-0.1, -0.05) is 38.8 Å². The number of rotatable bonds is 4. The molecule has 0 bridgehead atoms. The molecule has 0 amide bonds. The Morgan fingerprint density at radius 2 is 2.22 bits per heavy atom. The van der Waals surface area contributed by atoms with E-state index in [-0.39, 0.29) is 5.25 Å². The summed E-state index contributed by atoms with van der Waals surface area (Å²) in [6, 6.07) is 2.04. The van der Waals surface area contributed by atoms with E-state index in [0.29, 0.717) is 0 Å². The van der Waals surface area contributed by atoms with E-state index in [4.69, 9.17) is 17.9 Å². The summed E-state index contributed by atoms with van der Waals surface area (Å²) in [5.41, 5.74) is 0. The summed E-state index contributed by atoms with van der Waals surface area (Å²) in [6.45, 7) is 2.14. The van der Waals surface area contributed by atoms with Crippen molar-refractivity contribution in [3.8, 4) is 6.07 Å². The first kappa shape index (κ1) is 8.84. The molecule has 0 aliphatic heterocycles. The molecule has 0 rings (SSSR count). The normalized spacial score (nSPS) is 12.6. The second kappa shape index (κ2) is 5.97. The van der Waals surface area contributed by atoms with Crippen LogP contribution in [0, 0.1) is 11.3 Å². The van der Waals surface area contributed by atoms with E-state index in [9.17, 15) is 0 Å². The van der Waals surface area contributed by atoms with Crippen molar-refractivity contribution in [3.63, 3.8) is 0 Å². The monoisotopic (exact) mass is 142 g/mol. The first-order valence-corrected chi connectivity index (χ1v) is 3.83. The zero-order valence-corrected chi connectivity index (χ0v) is 6.58. The third kappa shape index (κ3) is 5.72. The molecule has 1 nitrogen and oxygen atoms in total. The van der Waals surface area contributed by atoms with E-state index >= 15 is 0 Å². The topological polar surface area (TPSA) is 23.8 Å². The lowest BCUT2D eigenvalue weighted by molar-refractivity contribution is 0.685. The molecule has 1 unspecified atom stereocenters. The van der Waals surface area contributed by atoms with Gasteiger partial charge in [-0.05, 0) is 6.42 Å². The average Bonchev–Trinajstić information content (AvgIpc) is 1.89. The van der Waals surface area contributed by atoms with Gasteiger partial charge in [0.2, 0.25) is 0 Å². The molecule has 0 saturated heterocycles. The third-order valence-electron chi connectivity index (χ3n) is 1.21. The van der Waals surface area contributed by atoms with Gasteiger partial charge in [-0.25, -0.2) is 0 Å². The van der Waals surface area contributed by atoms with Gasteiger partial charge in [0, 0.05) is 0 Å². The first-order chi connectivity index (χ1) is 4.31. The van der Waals surface area contributed by atoms with Gasteiger partial charge in [-0.3, -0.25) is 0 Å². The smallest absolute Gasteiger partial charge is 0.102 e. The summed E-state index contributed by atoms with van der Waals surface area (Å²) in [5, 5.41) is 8.12. The fourth-order valence-corrected chi connectivity index (χ4v) is 0.811. The van der Waals surface area contributed by atoms with Crippen molar-refractivity contribution in [3.05, 3.63) is 0 Å². The van der Waals surface area contributed by atoms with Crippen LogP contribution in [-0.4, -0.2) is 5.25 Å². The number of unbranched alkanes of at least 4 members (excludes halogenated alkanes) is 2. The predicted octanol–water partition coefficient (Wildman–Crippen LogP) is 2.66. The van der Waals surface area contributed by atoms with Crippen LogP contribution in [0.15, 0.2) is 0 Å². The Kier molecular flexibility index (Phi) is 5.86. The van der Waals surface area contributed by atoms with Gasteiger partial charge in [0.15, 0.2) is 0 Å². The maximum Gasteiger partial charge on any atom is 0.102 e.